The highest BCUT2D eigenvalue weighted by Crippen LogP contribution is 2.22. The van der Waals surface area contributed by atoms with Gasteiger partial charge in [-0.05, 0) is 35.0 Å². The van der Waals surface area contributed by atoms with Crippen molar-refractivity contribution in [2.75, 3.05) is 5.73 Å². The fourth-order valence-corrected chi connectivity index (χ4v) is 2.86. The van der Waals surface area contributed by atoms with E-state index in [1.807, 2.05) is 12.1 Å². The van der Waals surface area contributed by atoms with Gasteiger partial charge in [-0.1, -0.05) is 0 Å². The zero-order valence-electron chi connectivity index (χ0n) is 9.08. The Morgan fingerprint density at radius 1 is 1.65 bits per heavy atom. The van der Waals surface area contributed by atoms with Crippen LogP contribution in [0.1, 0.15) is 20.9 Å². The summed E-state index contributed by atoms with van der Waals surface area (Å²) in [7, 11) is 0. The van der Waals surface area contributed by atoms with Crippen molar-refractivity contribution in [3.8, 4) is 0 Å². The number of aromatic amines is 1. The molecule has 7 heteroatoms. The summed E-state index contributed by atoms with van der Waals surface area (Å²) in [4.78, 5) is 12.9. The molecule has 1 amide bonds. The second kappa shape index (κ2) is 4.89. The first-order valence-electron chi connectivity index (χ1n) is 4.91. The topological polar surface area (TPSA) is 83.8 Å². The van der Waals surface area contributed by atoms with Crippen LogP contribution in [-0.4, -0.2) is 16.1 Å². The molecular formula is C10H11BrN4OS. The van der Waals surface area contributed by atoms with Gasteiger partial charge in [0.25, 0.3) is 5.91 Å². The number of nitrogen functional groups attached to an aromatic ring is 1. The van der Waals surface area contributed by atoms with Gasteiger partial charge in [0.15, 0.2) is 5.82 Å². The summed E-state index contributed by atoms with van der Waals surface area (Å²) in [6, 6.07) is 3.91. The van der Waals surface area contributed by atoms with E-state index in [0.29, 0.717) is 17.8 Å². The van der Waals surface area contributed by atoms with Gasteiger partial charge in [-0.25, -0.2) is 0 Å². The number of rotatable bonds is 3. The maximum atomic E-state index is 11.9. The number of hydrogen-bond donors (Lipinski definition) is 3. The standard InChI is InChI=1S/C10H11BrN4OS/c1-5-8(9(12)15-14-5)10(16)13-4-6-2-3-7(11)17-6/h2-3H,4H2,1H3,(H,13,16)(H3,12,14,15). The number of nitrogens with zero attached hydrogens (tertiary/aromatic N) is 1. The SMILES string of the molecule is Cc1[nH]nc(N)c1C(=O)NCc1ccc(Br)s1. The molecular weight excluding hydrogens is 304 g/mol. The molecule has 0 radical (unpaired) electrons. The Hall–Kier alpha value is -1.34. The molecule has 0 aromatic carbocycles. The Morgan fingerprint density at radius 3 is 2.94 bits per heavy atom. The largest absolute Gasteiger partial charge is 0.382 e. The molecule has 0 unspecified atom stereocenters. The molecule has 5 nitrogen and oxygen atoms in total. The number of amides is 1. The van der Waals surface area contributed by atoms with Gasteiger partial charge in [0, 0.05) is 10.6 Å². The third-order valence-electron chi connectivity index (χ3n) is 2.25. The average Bonchev–Trinajstić information content (AvgIpc) is 2.83. The number of thiophene rings is 1. The van der Waals surface area contributed by atoms with Gasteiger partial charge in [-0.2, -0.15) is 5.10 Å². The van der Waals surface area contributed by atoms with Gasteiger partial charge >= 0.3 is 0 Å². The summed E-state index contributed by atoms with van der Waals surface area (Å²) in [5.41, 5.74) is 6.70. The molecule has 0 spiro atoms. The molecule has 2 aromatic rings. The van der Waals surface area contributed by atoms with Crippen LogP contribution in [0.4, 0.5) is 5.82 Å². The van der Waals surface area contributed by atoms with Gasteiger partial charge in [0.05, 0.1) is 10.3 Å². The molecule has 0 bridgehead atoms. The number of hydrogen-bond acceptors (Lipinski definition) is 4. The molecule has 0 saturated carbocycles. The molecule has 0 fully saturated rings. The number of anilines is 1. The lowest BCUT2D eigenvalue weighted by Gasteiger charge is -2.03. The predicted octanol–water partition coefficient (Wildman–Crippen LogP) is 2.05. The van der Waals surface area contributed by atoms with Crippen LogP contribution in [-0.2, 0) is 6.54 Å². The Kier molecular flexibility index (Phi) is 3.49. The van der Waals surface area contributed by atoms with E-state index in [1.165, 1.54) is 0 Å². The van der Waals surface area contributed by atoms with Crippen molar-refractivity contribution >= 4 is 39.0 Å². The van der Waals surface area contributed by atoms with Crippen LogP contribution in [0, 0.1) is 6.92 Å². The number of carbonyl (C=O) groups excluding carboxylic acids is 1. The van der Waals surface area contributed by atoms with E-state index < -0.39 is 0 Å². The van der Waals surface area contributed by atoms with Crippen molar-refractivity contribution in [2.45, 2.75) is 13.5 Å². The number of nitrogens with two attached hydrogens (primary N) is 1. The monoisotopic (exact) mass is 314 g/mol. The van der Waals surface area contributed by atoms with E-state index in [0.717, 1.165) is 8.66 Å². The van der Waals surface area contributed by atoms with Crippen LogP contribution in [0.3, 0.4) is 0 Å². The third-order valence-corrected chi connectivity index (χ3v) is 3.88. The van der Waals surface area contributed by atoms with Crippen LogP contribution < -0.4 is 11.1 Å². The van der Waals surface area contributed by atoms with Crippen LogP contribution in [0.15, 0.2) is 15.9 Å². The zero-order chi connectivity index (χ0) is 12.4. The number of H-pyrrole nitrogens is 1. The van der Waals surface area contributed by atoms with Crippen LogP contribution >= 0.6 is 27.3 Å². The molecule has 0 aliphatic heterocycles. The van der Waals surface area contributed by atoms with E-state index >= 15 is 0 Å². The van der Waals surface area contributed by atoms with Crippen LogP contribution in [0.2, 0.25) is 0 Å². The zero-order valence-corrected chi connectivity index (χ0v) is 11.5. The number of halogens is 1. The molecule has 90 valence electrons. The molecule has 4 N–H and O–H groups in total. The fraction of sp³-hybridized carbons (Fsp3) is 0.200. The number of aryl methyl sites for hydroxylation is 1. The Balaban J connectivity index is 2.03. The first-order valence-corrected chi connectivity index (χ1v) is 6.51. The highest BCUT2D eigenvalue weighted by molar-refractivity contribution is 9.11. The van der Waals surface area contributed by atoms with Gasteiger partial charge in [0.2, 0.25) is 0 Å². The number of nitrogens with one attached hydrogen (secondary N) is 2. The summed E-state index contributed by atoms with van der Waals surface area (Å²) >= 11 is 4.95. The smallest absolute Gasteiger partial charge is 0.257 e. The quantitative estimate of drug-likeness (QED) is 0.810. The molecule has 0 atom stereocenters. The summed E-state index contributed by atoms with van der Waals surface area (Å²) < 4.78 is 1.04. The highest BCUT2D eigenvalue weighted by atomic mass is 79.9. The molecule has 2 heterocycles. The summed E-state index contributed by atoms with van der Waals surface area (Å²) in [6.07, 6.45) is 0. The first kappa shape index (κ1) is 12.1. The van der Waals surface area contributed by atoms with E-state index in [9.17, 15) is 4.79 Å². The van der Waals surface area contributed by atoms with Crippen molar-refractivity contribution in [1.29, 1.82) is 0 Å². The Morgan fingerprint density at radius 2 is 2.41 bits per heavy atom. The number of aromatic nitrogens is 2. The predicted molar refractivity (Wildman–Crippen MR) is 70.9 cm³/mol. The lowest BCUT2D eigenvalue weighted by Crippen LogP contribution is -2.23. The van der Waals surface area contributed by atoms with Crippen molar-refractivity contribution in [1.82, 2.24) is 15.5 Å². The van der Waals surface area contributed by atoms with E-state index in [4.69, 9.17) is 5.73 Å². The second-order valence-electron chi connectivity index (χ2n) is 3.50. The lowest BCUT2D eigenvalue weighted by atomic mass is 10.2. The van der Waals surface area contributed by atoms with Gasteiger partial charge in [-0.15, -0.1) is 11.3 Å². The number of carbonyl (C=O) groups is 1. The minimum absolute atomic E-state index is 0.210. The van der Waals surface area contributed by atoms with Gasteiger partial charge in [0.1, 0.15) is 5.56 Å². The molecule has 17 heavy (non-hydrogen) atoms. The molecule has 2 rings (SSSR count). The van der Waals surface area contributed by atoms with Crippen LogP contribution in [0.25, 0.3) is 0 Å². The van der Waals surface area contributed by atoms with Gasteiger partial charge < -0.3 is 11.1 Å². The van der Waals surface area contributed by atoms with Gasteiger partial charge in [-0.3, -0.25) is 9.89 Å². The van der Waals surface area contributed by atoms with Crippen molar-refractivity contribution < 1.29 is 4.79 Å². The second-order valence-corrected chi connectivity index (χ2v) is 6.04. The Labute approximate surface area is 111 Å². The van der Waals surface area contributed by atoms with Crippen molar-refractivity contribution in [3.05, 3.63) is 32.1 Å². The molecule has 0 saturated heterocycles. The maximum Gasteiger partial charge on any atom is 0.257 e. The molecule has 0 aliphatic rings. The third kappa shape index (κ3) is 2.67. The van der Waals surface area contributed by atoms with Crippen molar-refractivity contribution in [3.63, 3.8) is 0 Å². The molecule has 0 aliphatic carbocycles. The summed E-state index contributed by atoms with van der Waals surface area (Å²) in [6.45, 7) is 2.25. The maximum absolute atomic E-state index is 11.9. The van der Waals surface area contributed by atoms with E-state index in [2.05, 4.69) is 31.4 Å². The normalized spacial score (nSPS) is 10.5. The fourth-order valence-electron chi connectivity index (χ4n) is 1.44. The van der Waals surface area contributed by atoms with Crippen molar-refractivity contribution in [2.24, 2.45) is 0 Å². The highest BCUT2D eigenvalue weighted by Gasteiger charge is 2.15. The minimum atomic E-state index is -0.210. The Bertz CT molecular complexity index is 529. The minimum Gasteiger partial charge on any atom is -0.382 e. The summed E-state index contributed by atoms with van der Waals surface area (Å²) in [5, 5.41) is 9.27. The van der Waals surface area contributed by atoms with E-state index in [1.54, 1.807) is 18.3 Å². The van der Waals surface area contributed by atoms with E-state index in [-0.39, 0.29) is 11.7 Å². The lowest BCUT2D eigenvalue weighted by molar-refractivity contribution is 0.0951. The molecule has 2 aromatic heterocycles. The first-order chi connectivity index (χ1) is 8.08. The summed E-state index contributed by atoms with van der Waals surface area (Å²) in [5.74, 6) is 0.0191. The van der Waals surface area contributed by atoms with Crippen LogP contribution in [0.5, 0.6) is 0 Å². The average molecular weight is 315 g/mol.